The zero-order valence-corrected chi connectivity index (χ0v) is 10.6. The molecule has 3 nitrogen and oxygen atoms in total. The van der Waals surface area contributed by atoms with Gasteiger partial charge in [-0.15, -0.1) is 17.8 Å². The molecule has 1 aromatic heterocycles. The summed E-state index contributed by atoms with van der Waals surface area (Å²) in [5.74, 6) is 3.94. The van der Waals surface area contributed by atoms with Crippen LogP contribution in [0.2, 0.25) is 0 Å². The molecule has 1 amide bonds. The van der Waals surface area contributed by atoms with Crippen molar-refractivity contribution < 1.29 is 9.53 Å². The van der Waals surface area contributed by atoms with Gasteiger partial charge in [-0.25, -0.2) is 0 Å². The fourth-order valence-corrected chi connectivity index (χ4v) is 2.46. The molecule has 0 atom stereocenters. The molecule has 1 fully saturated rings. The summed E-state index contributed by atoms with van der Waals surface area (Å²) >= 11 is 1.40. The number of amides is 1. The van der Waals surface area contributed by atoms with Crippen LogP contribution in [0.25, 0.3) is 0 Å². The molecule has 0 unspecified atom stereocenters. The standard InChI is InChI=1S/C13H15NO2S/c1-3-6-14(8-10-4-5-10)13(15)12-7-11(16-2)9-17-12/h1,7,9-10H,4-6,8H2,2H3. The molecule has 0 bridgehead atoms. The maximum Gasteiger partial charge on any atom is 0.264 e. The Labute approximate surface area is 105 Å². The first-order chi connectivity index (χ1) is 8.24. The predicted octanol–water partition coefficient (Wildman–Crippen LogP) is 2.24. The highest BCUT2D eigenvalue weighted by Crippen LogP contribution is 2.31. The normalized spacial score (nSPS) is 14.1. The Hall–Kier alpha value is -1.47. The topological polar surface area (TPSA) is 29.5 Å². The number of ether oxygens (including phenoxy) is 1. The van der Waals surface area contributed by atoms with Gasteiger partial charge in [0.15, 0.2) is 0 Å². The molecule has 4 heteroatoms. The Bertz CT molecular complexity index is 443. The average Bonchev–Trinajstić information content (AvgIpc) is 3.02. The number of rotatable bonds is 5. The number of nitrogens with zero attached hydrogens (tertiary/aromatic N) is 1. The van der Waals surface area contributed by atoms with Crippen molar-refractivity contribution in [3.8, 4) is 18.1 Å². The number of hydrogen-bond donors (Lipinski definition) is 0. The highest BCUT2D eigenvalue weighted by atomic mass is 32.1. The highest BCUT2D eigenvalue weighted by molar-refractivity contribution is 7.12. The molecule has 0 aliphatic heterocycles. The minimum atomic E-state index is 0.0168. The van der Waals surface area contributed by atoms with Gasteiger partial charge in [-0.2, -0.15) is 0 Å². The van der Waals surface area contributed by atoms with Crippen LogP contribution < -0.4 is 4.74 Å². The molecule has 0 aromatic carbocycles. The maximum absolute atomic E-state index is 12.2. The second-order valence-electron chi connectivity index (χ2n) is 4.18. The largest absolute Gasteiger partial charge is 0.496 e. The van der Waals surface area contributed by atoms with E-state index in [2.05, 4.69) is 5.92 Å². The van der Waals surface area contributed by atoms with Crippen molar-refractivity contribution >= 4 is 17.2 Å². The van der Waals surface area contributed by atoms with Crippen molar-refractivity contribution in [3.05, 3.63) is 16.3 Å². The predicted molar refractivity (Wildman–Crippen MR) is 68.3 cm³/mol. The van der Waals surface area contributed by atoms with E-state index in [0.29, 0.717) is 17.3 Å². The van der Waals surface area contributed by atoms with Crippen LogP contribution in [-0.2, 0) is 0 Å². The van der Waals surface area contributed by atoms with E-state index in [4.69, 9.17) is 11.2 Å². The zero-order valence-electron chi connectivity index (χ0n) is 9.81. The third kappa shape index (κ3) is 3.01. The molecule has 1 aromatic rings. The van der Waals surface area contributed by atoms with Gasteiger partial charge in [0.1, 0.15) is 5.75 Å². The van der Waals surface area contributed by atoms with Crippen LogP contribution in [0.1, 0.15) is 22.5 Å². The molecular weight excluding hydrogens is 234 g/mol. The zero-order chi connectivity index (χ0) is 12.3. The Kier molecular flexibility index (Phi) is 3.70. The van der Waals surface area contributed by atoms with Crippen LogP contribution in [0.15, 0.2) is 11.4 Å². The van der Waals surface area contributed by atoms with Gasteiger partial charge in [0.2, 0.25) is 0 Å². The van der Waals surface area contributed by atoms with Crippen molar-refractivity contribution in [1.29, 1.82) is 0 Å². The van der Waals surface area contributed by atoms with Crippen LogP contribution in [-0.4, -0.2) is 31.0 Å². The monoisotopic (exact) mass is 249 g/mol. The van der Waals surface area contributed by atoms with Crippen molar-refractivity contribution in [3.63, 3.8) is 0 Å². The van der Waals surface area contributed by atoms with Crippen LogP contribution in [0.5, 0.6) is 5.75 Å². The van der Waals surface area contributed by atoms with E-state index in [9.17, 15) is 4.79 Å². The summed E-state index contributed by atoms with van der Waals surface area (Å²) in [5, 5.41) is 1.83. The third-order valence-corrected chi connectivity index (χ3v) is 3.66. The molecule has 0 radical (unpaired) electrons. The lowest BCUT2D eigenvalue weighted by Crippen LogP contribution is -2.32. The first kappa shape index (κ1) is 12.0. The fourth-order valence-electron chi connectivity index (χ4n) is 1.64. The molecule has 2 rings (SSSR count). The molecule has 1 aliphatic carbocycles. The molecule has 1 aliphatic rings. The number of methoxy groups -OCH3 is 1. The SMILES string of the molecule is C#CCN(CC1CC1)C(=O)c1cc(OC)cs1. The third-order valence-electron chi connectivity index (χ3n) is 2.77. The maximum atomic E-state index is 12.2. The van der Waals surface area contributed by atoms with E-state index < -0.39 is 0 Å². The molecule has 1 saturated carbocycles. The molecule has 0 saturated heterocycles. The summed E-state index contributed by atoms with van der Waals surface area (Å²) in [6.45, 7) is 1.17. The summed E-state index contributed by atoms with van der Waals surface area (Å²) in [7, 11) is 1.60. The Morgan fingerprint density at radius 3 is 3.00 bits per heavy atom. The van der Waals surface area contributed by atoms with Crippen molar-refractivity contribution in [2.75, 3.05) is 20.2 Å². The van der Waals surface area contributed by atoms with Gasteiger partial charge in [0, 0.05) is 18.0 Å². The first-order valence-electron chi connectivity index (χ1n) is 5.60. The van der Waals surface area contributed by atoms with Crippen LogP contribution in [0, 0.1) is 18.3 Å². The number of carbonyl (C=O) groups excluding carboxylic acids is 1. The van der Waals surface area contributed by atoms with E-state index >= 15 is 0 Å². The summed E-state index contributed by atoms with van der Waals surface area (Å²) in [6.07, 6.45) is 7.73. The Morgan fingerprint density at radius 2 is 2.47 bits per heavy atom. The van der Waals surface area contributed by atoms with E-state index in [1.807, 2.05) is 5.38 Å². The quantitative estimate of drug-likeness (QED) is 0.749. The number of hydrogen-bond acceptors (Lipinski definition) is 3. The second-order valence-corrected chi connectivity index (χ2v) is 5.10. The molecule has 0 N–H and O–H groups in total. The molecular formula is C13H15NO2S. The number of terminal acetylenes is 1. The summed E-state index contributed by atoms with van der Waals surface area (Å²) in [5.41, 5.74) is 0. The van der Waals surface area contributed by atoms with Gasteiger partial charge in [-0.1, -0.05) is 5.92 Å². The lowest BCUT2D eigenvalue weighted by Gasteiger charge is -2.18. The highest BCUT2D eigenvalue weighted by Gasteiger charge is 2.27. The number of carbonyl (C=O) groups is 1. The lowest BCUT2D eigenvalue weighted by atomic mass is 10.3. The van der Waals surface area contributed by atoms with E-state index in [1.165, 1.54) is 24.2 Å². The van der Waals surface area contributed by atoms with Crippen molar-refractivity contribution in [2.24, 2.45) is 5.92 Å². The molecule has 17 heavy (non-hydrogen) atoms. The van der Waals surface area contributed by atoms with Gasteiger partial charge in [-0.3, -0.25) is 4.79 Å². The van der Waals surface area contributed by atoms with Crippen LogP contribution >= 0.6 is 11.3 Å². The molecule has 0 spiro atoms. The van der Waals surface area contributed by atoms with Gasteiger partial charge in [-0.05, 0) is 18.8 Å². The van der Waals surface area contributed by atoms with E-state index in [0.717, 1.165) is 12.3 Å². The summed E-state index contributed by atoms with van der Waals surface area (Å²) in [6, 6.07) is 1.77. The molecule has 1 heterocycles. The summed E-state index contributed by atoms with van der Waals surface area (Å²) in [4.78, 5) is 14.7. The Balaban J connectivity index is 2.06. The molecule has 90 valence electrons. The van der Waals surface area contributed by atoms with E-state index in [-0.39, 0.29) is 5.91 Å². The Morgan fingerprint density at radius 1 is 1.71 bits per heavy atom. The van der Waals surface area contributed by atoms with Gasteiger partial charge in [0.25, 0.3) is 5.91 Å². The lowest BCUT2D eigenvalue weighted by molar-refractivity contribution is 0.0774. The minimum Gasteiger partial charge on any atom is -0.496 e. The fraction of sp³-hybridized carbons (Fsp3) is 0.462. The van der Waals surface area contributed by atoms with Crippen LogP contribution in [0.4, 0.5) is 0 Å². The van der Waals surface area contributed by atoms with Crippen LogP contribution in [0.3, 0.4) is 0 Å². The summed E-state index contributed by atoms with van der Waals surface area (Å²) < 4.78 is 5.08. The van der Waals surface area contributed by atoms with Crippen molar-refractivity contribution in [1.82, 2.24) is 4.90 Å². The average molecular weight is 249 g/mol. The first-order valence-corrected chi connectivity index (χ1v) is 6.48. The second kappa shape index (κ2) is 5.24. The van der Waals surface area contributed by atoms with Gasteiger partial charge in [0.05, 0.1) is 18.5 Å². The number of thiophene rings is 1. The minimum absolute atomic E-state index is 0.0168. The van der Waals surface area contributed by atoms with Crippen molar-refractivity contribution in [2.45, 2.75) is 12.8 Å². The van der Waals surface area contributed by atoms with Gasteiger partial charge < -0.3 is 9.64 Å². The van der Waals surface area contributed by atoms with E-state index in [1.54, 1.807) is 18.1 Å². The smallest absolute Gasteiger partial charge is 0.264 e. The van der Waals surface area contributed by atoms with Gasteiger partial charge >= 0.3 is 0 Å².